The molecule has 0 heterocycles. The van der Waals surface area contributed by atoms with E-state index in [4.69, 9.17) is 10.8 Å². The first-order valence-corrected chi connectivity index (χ1v) is 3.66. The zero-order chi connectivity index (χ0) is 10.5. The summed E-state index contributed by atoms with van der Waals surface area (Å²) in [5.74, 6) is 0. The third-order valence-corrected chi connectivity index (χ3v) is 1.41. The Bertz CT molecular complexity index is 181. The Hall–Kier alpha value is -0.750. The van der Waals surface area contributed by atoms with Crippen molar-refractivity contribution in [3.8, 4) is 0 Å². The van der Waals surface area contributed by atoms with Crippen LogP contribution in [0.5, 0.6) is 0 Å². The van der Waals surface area contributed by atoms with Crippen molar-refractivity contribution in [1.29, 1.82) is 0 Å². The summed E-state index contributed by atoms with van der Waals surface area (Å²) in [7, 11) is 0. The van der Waals surface area contributed by atoms with Gasteiger partial charge in [-0.1, -0.05) is 0 Å². The Labute approximate surface area is 74.0 Å². The van der Waals surface area contributed by atoms with Crippen LogP contribution in [-0.2, 0) is 4.74 Å². The van der Waals surface area contributed by atoms with Crippen LogP contribution >= 0.6 is 0 Å². The maximum absolute atomic E-state index is 12.1. The van der Waals surface area contributed by atoms with Gasteiger partial charge in [0.25, 0.3) is 0 Å². The monoisotopic (exact) mass is 199 g/mol. The zero-order valence-electron chi connectivity index (χ0n) is 7.14. The first-order chi connectivity index (χ1) is 5.87. The molecular formula is C7H12F3NO2. The molecule has 1 unspecified atom stereocenters. The molecule has 0 spiro atoms. The lowest BCUT2D eigenvalue weighted by Gasteiger charge is -2.25. The lowest BCUT2D eigenvalue weighted by Crippen LogP contribution is -2.49. The predicted octanol–water partition coefficient (Wildman–Crippen LogP) is 0.789. The van der Waals surface area contributed by atoms with Crippen molar-refractivity contribution in [2.75, 3.05) is 13.2 Å². The van der Waals surface area contributed by atoms with E-state index in [0.29, 0.717) is 6.08 Å². The van der Waals surface area contributed by atoms with Crippen LogP contribution in [0, 0.1) is 0 Å². The first kappa shape index (κ1) is 12.2. The van der Waals surface area contributed by atoms with Crippen LogP contribution in [0.3, 0.4) is 0 Å². The minimum absolute atomic E-state index is 0.231. The molecule has 0 rings (SSSR count). The third kappa shape index (κ3) is 3.23. The molecule has 0 bridgehead atoms. The smallest absolute Gasteiger partial charge is 0.422 e. The number of hydrogen-bond acceptors (Lipinski definition) is 3. The summed E-state index contributed by atoms with van der Waals surface area (Å²) in [5, 5.41) is 8.97. The summed E-state index contributed by atoms with van der Waals surface area (Å²) in [6.45, 7) is 0.911. The molecule has 3 nitrogen and oxygen atoms in total. The second kappa shape index (κ2) is 4.48. The van der Waals surface area contributed by atoms with Crippen molar-refractivity contribution in [1.82, 2.24) is 0 Å². The number of ether oxygens (including phenoxy) is 1. The van der Waals surface area contributed by atoms with Gasteiger partial charge in [-0.3, -0.25) is 0 Å². The summed E-state index contributed by atoms with van der Waals surface area (Å²) in [6, 6.07) is 0. The van der Waals surface area contributed by atoms with Gasteiger partial charge in [0.15, 0.2) is 5.60 Å². The number of aliphatic hydroxyl groups is 1. The van der Waals surface area contributed by atoms with E-state index in [0.717, 1.165) is 6.26 Å². The second-order valence-electron chi connectivity index (χ2n) is 2.38. The molecule has 0 aliphatic rings. The number of rotatable bonds is 4. The summed E-state index contributed by atoms with van der Waals surface area (Å²) in [6.07, 6.45) is -3.49. The molecule has 0 aliphatic carbocycles. The molecule has 3 N–H and O–H groups in total. The van der Waals surface area contributed by atoms with Crippen molar-refractivity contribution in [2.24, 2.45) is 5.73 Å². The molecule has 0 radical (unpaired) electrons. The molecule has 6 heteroatoms. The van der Waals surface area contributed by atoms with Crippen LogP contribution in [-0.4, -0.2) is 30.0 Å². The zero-order valence-corrected chi connectivity index (χ0v) is 7.14. The quantitative estimate of drug-likeness (QED) is 0.658. The third-order valence-electron chi connectivity index (χ3n) is 1.41. The molecule has 0 aromatic carbocycles. The Morgan fingerprint density at radius 1 is 1.46 bits per heavy atom. The lowest BCUT2D eigenvalue weighted by molar-refractivity contribution is -0.235. The van der Waals surface area contributed by atoms with Gasteiger partial charge in [0.2, 0.25) is 0 Å². The highest BCUT2D eigenvalue weighted by atomic mass is 19.4. The van der Waals surface area contributed by atoms with Crippen molar-refractivity contribution in [3.05, 3.63) is 12.3 Å². The van der Waals surface area contributed by atoms with Gasteiger partial charge in [-0.25, -0.2) is 0 Å². The molecule has 0 aromatic heterocycles. The van der Waals surface area contributed by atoms with E-state index >= 15 is 0 Å². The topological polar surface area (TPSA) is 55.5 Å². The van der Waals surface area contributed by atoms with Crippen molar-refractivity contribution in [2.45, 2.75) is 18.7 Å². The van der Waals surface area contributed by atoms with Gasteiger partial charge < -0.3 is 15.6 Å². The standard InChI is InChI=1S/C7H12F3NO2/c1-2-13-4-3-6(12,5-11)7(8,9)10/h3-4,12H,2,5,11H2,1H3/b4-3+. The van der Waals surface area contributed by atoms with E-state index < -0.39 is 18.3 Å². The summed E-state index contributed by atoms with van der Waals surface area (Å²) >= 11 is 0. The van der Waals surface area contributed by atoms with E-state index in [2.05, 4.69) is 4.74 Å². The number of hydrogen-bond donors (Lipinski definition) is 2. The van der Waals surface area contributed by atoms with E-state index in [9.17, 15) is 13.2 Å². The van der Waals surface area contributed by atoms with Crippen LogP contribution < -0.4 is 5.73 Å². The van der Waals surface area contributed by atoms with Crippen LogP contribution in [0.2, 0.25) is 0 Å². The van der Waals surface area contributed by atoms with Crippen molar-refractivity contribution in [3.63, 3.8) is 0 Å². The molecule has 0 aliphatic heterocycles. The highest BCUT2D eigenvalue weighted by Gasteiger charge is 2.51. The Morgan fingerprint density at radius 2 is 2.00 bits per heavy atom. The van der Waals surface area contributed by atoms with Crippen LogP contribution in [0.4, 0.5) is 13.2 Å². The molecule has 1 atom stereocenters. The van der Waals surface area contributed by atoms with Gasteiger partial charge in [0, 0.05) is 6.54 Å². The van der Waals surface area contributed by atoms with Crippen molar-refractivity contribution >= 4 is 0 Å². The fraction of sp³-hybridized carbons (Fsp3) is 0.714. The van der Waals surface area contributed by atoms with Crippen LogP contribution in [0.15, 0.2) is 12.3 Å². The van der Waals surface area contributed by atoms with Gasteiger partial charge in [-0.15, -0.1) is 0 Å². The highest BCUT2D eigenvalue weighted by Crippen LogP contribution is 2.30. The maximum atomic E-state index is 12.1. The normalized spacial score (nSPS) is 17.4. The molecule has 0 aromatic rings. The Kier molecular flexibility index (Phi) is 4.22. The predicted molar refractivity (Wildman–Crippen MR) is 40.8 cm³/mol. The fourth-order valence-electron chi connectivity index (χ4n) is 0.535. The van der Waals surface area contributed by atoms with Gasteiger partial charge in [-0.05, 0) is 13.0 Å². The number of halogens is 3. The molecule has 0 amide bonds. The van der Waals surface area contributed by atoms with Gasteiger partial charge >= 0.3 is 6.18 Å². The van der Waals surface area contributed by atoms with E-state index in [1.54, 1.807) is 6.92 Å². The number of alkyl halides is 3. The average Bonchev–Trinajstić information content (AvgIpc) is 2.02. The molecule has 0 saturated carbocycles. The minimum Gasteiger partial charge on any atom is -0.502 e. The van der Waals surface area contributed by atoms with Crippen LogP contribution in [0.25, 0.3) is 0 Å². The first-order valence-electron chi connectivity index (χ1n) is 3.66. The Balaban J connectivity index is 4.46. The van der Waals surface area contributed by atoms with E-state index in [-0.39, 0.29) is 6.61 Å². The largest absolute Gasteiger partial charge is 0.502 e. The summed E-state index contributed by atoms with van der Waals surface area (Å²) in [4.78, 5) is 0. The van der Waals surface area contributed by atoms with Gasteiger partial charge in [-0.2, -0.15) is 13.2 Å². The lowest BCUT2D eigenvalue weighted by atomic mass is 10.0. The van der Waals surface area contributed by atoms with Gasteiger partial charge in [0.1, 0.15) is 0 Å². The van der Waals surface area contributed by atoms with Gasteiger partial charge in [0.05, 0.1) is 12.9 Å². The summed E-state index contributed by atoms with van der Waals surface area (Å²) in [5.41, 5.74) is 1.80. The molecular weight excluding hydrogens is 187 g/mol. The average molecular weight is 199 g/mol. The molecule has 13 heavy (non-hydrogen) atoms. The SMILES string of the molecule is CCO/C=C/C(O)(CN)C(F)(F)F. The minimum atomic E-state index is -4.78. The number of nitrogens with two attached hydrogens (primary N) is 1. The highest BCUT2D eigenvalue weighted by molar-refractivity contribution is 5.04. The fourth-order valence-corrected chi connectivity index (χ4v) is 0.535. The molecule has 0 fully saturated rings. The molecule has 0 saturated heterocycles. The van der Waals surface area contributed by atoms with E-state index in [1.165, 1.54) is 0 Å². The second-order valence-corrected chi connectivity index (χ2v) is 2.38. The van der Waals surface area contributed by atoms with E-state index in [1.807, 2.05) is 0 Å². The Morgan fingerprint density at radius 3 is 2.31 bits per heavy atom. The van der Waals surface area contributed by atoms with Crippen molar-refractivity contribution < 1.29 is 23.0 Å². The van der Waals surface area contributed by atoms with Crippen LogP contribution in [0.1, 0.15) is 6.92 Å². The maximum Gasteiger partial charge on any atom is 0.422 e. The summed E-state index contributed by atoms with van der Waals surface area (Å²) < 4.78 is 40.8. The molecule has 78 valence electrons.